The molecule has 0 bridgehead atoms. The summed E-state index contributed by atoms with van der Waals surface area (Å²) in [7, 11) is -1.51. The molecule has 0 aliphatic carbocycles. The molecule has 1 fully saturated rings. The Kier molecular flexibility index (Phi) is 4.45. The van der Waals surface area contributed by atoms with Crippen molar-refractivity contribution in [2.45, 2.75) is 37.7 Å². The first-order valence-corrected chi connectivity index (χ1v) is 9.02. The van der Waals surface area contributed by atoms with Crippen molar-refractivity contribution in [1.29, 1.82) is 0 Å². The van der Waals surface area contributed by atoms with Crippen molar-refractivity contribution in [3.05, 3.63) is 71.8 Å². The number of hydrogen-bond donors (Lipinski definition) is 0. The monoisotopic (exact) mass is 343 g/mol. The minimum Gasteiger partial charge on any atom is -0.438 e. The Morgan fingerprint density at radius 3 is 1.92 bits per heavy atom. The van der Waals surface area contributed by atoms with Crippen molar-refractivity contribution in [2.24, 2.45) is 0 Å². The van der Waals surface area contributed by atoms with E-state index in [2.05, 4.69) is 0 Å². The van der Waals surface area contributed by atoms with Crippen molar-refractivity contribution in [3.63, 3.8) is 0 Å². The topological polar surface area (TPSA) is 46.6 Å². The molecule has 3 atom stereocenters. The first-order chi connectivity index (χ1) is 11.4. The van der Waals surface area contributed by atoms with E-state index in [1.54, 1.807) is 0 Å². The average Bonchev–Trinajstić information content (AvgIpc) is 2.92. The van der Waals surface area contributed by atoms with E-state index in [1.807, 2.05) is 81.4 Å². The van der Waals surface area contributed by atoms with Crippen LogP contribution in [0, 0.1) is 0 Å². The molecule has 2 aromatic carbocycles. The lowest BCUT2D eigenvalue weighted by molar-refractivity contribution is 0.131. The number of nitrogens with zero attached hydrogens (tertiary/aromatic N) is 1. The maximum atomic E-state index is 13.0. The van der Waals surface area contributed by atoms with Gasteiger partial charge in [0.2, 0.25) is 0 Å². The highest BCUT2D eigenvalue weighted by Crippen LogP contribution is 2.45. The van der Waals surface area contributed by atoms with E-state index < -0.39 is 34.0 Å². The van der Waals surface area contributed by atoms with Crippen LogP contribution in [0.1, 0.15) is 44.0 Å². The van der Waals surface area contributed by atoms with Gasteiger partial charge in [0.1, 0.15) is 17.0 Å². The largest absolute Gasteiger partial charge is 0.438 e. The van der Waals surface area contributed by atoms with Crippen LogP contribution in [-0.4, -0.2) is 19.4 Å². The Morgan fingerprint density at radius 2 is 1.42 bits per heavy atom. The molecule has 1 saturated heterocycles. The minimum atomic E-state index is -1.51. The highest BCUT2D eigenvalue weighted by Gasteiger charge is 2.48. The molecule has 3 rings (SSSR count). The zero-order valence-corrected chi connectivity index (χ0v) is 14.8. The lowest BCUT2D eigenvalue weighted by Crippen LogP contribution is -2.39. The molecule has 1 aliphatic rings. The number of carbonyl (C=O) groups is 1. The van der Waals surface area contributed by atoms with Crippen molar-refractivity contribution in [3.8, 4) is 0 Å². The first-order valence-electron chi connectivity index (χ1n) is 7.91. The minimum absolute atomic E-state index is 0.416. The second-order valence-corrected chi connectivity index (χ2v) is 8.87. The number of rotatable bonds is 3. The van der Waals surface area contributed by atoms with Gasteiger partial charge in [-0.15, -0.1) is 0 Å². The molecule has 1 amide bonds. The number of hydrogen-bond acceptors (Lipinski definition) is 3. The lowest BCUT2D eigenvalue weighted by Gasteiger charge is -2.29. The smallest absolute Gasteiger partial charge is 0.423 e. The molecule has 0 aromatic heterocycles. The van der Waals surface area contributed by atoms with Gasteiger partial charge < -0.3 is 4.74 Å². The fraction of sp³-hybridized carbons (Fsp3) is 0.316. The summed E-state index contributed by atoms with van der Waals surface area (Å²) in [6.45, 7) is 5.57. The highest BCUT2D eigenvalue weighted by atomic mass is 32.2. The van der Waals surface area contributed by atoms with Crippen LogP contribution in [0.2, 0.25) is 0 Å². The summed E-state index contributed by atoms with van der Waals surface area (Å²) in [6.07, 6.45) is -1.02. The fourth-order valence-electron chi connectivity index (χ4n) is 2.78. The van der Waals surface area contributed by atoms with Gasteiger partial charge in [-0.1, -0.05) is 60.7 Å². The van der Waals surface area contributed by atoms with E-state index in [-0.39, 0.29) is 0 Å². The molecule has 3 unspecified atom stereocenters. The summed E-state index contributed by atoms with van der Waals surface area (Å²) in [6, 6.07) is 18.8. The third-order valence-electron chi connectivity index (χ3n) is 3.92. The van der Waals surface area contributed by atoms with E-state index in [0.29, 0.717) is 0 Å². The molecular weight excluding hydrogens is 322 g/mol. The van der Waals surface area contributed by atoms with E-state index in [1.165, 1.54) is 4.31 Å². The molecule has 24 heavy (non-hydrogen) atoms. The van der Waals surface area contributed by atoms with Crippen LogP contribution in [0.25, 0.3) is 0 Å². The molecule has 4 nitrogen and oxygen atoms in total. The summed E-state index contributed by atoms with van der Waals surface area (Å²) in [5, 5.41) is 0. The Bertz CT molecular complexity index is 740. The van der Waals surface area contributed by atoms with Gasteiger partial charge in [0.05, 0.1) is 4.75 Å². The molecule has 0 radical (unpaired) electrons. The Labute approximate surface area is 145 Å². The van der Waals surface area contributed by atoms with Gasteiger partial charge in [0.25, 0.3) is 0 Å². The lowest BCUT2D eigenvalue weighted by atomic mass is 9.97. The van der Waals surface area contributed by atoms with Crippen LogP contribution in [0.3, 0.4) is 0 Å². The van der Waals surface area contributed by atoms with Crippen LogP contribution in [0.4, 0.5) is 4.79 Å². The SMILES string of the molecule is CC(C)(C)S(=O)N1C(=O)OC(c2ccccc2)C1c1ccccc1. The number of carbonyl (C=O) groups excluding carboxylic acids is 1. The molecule has 2 aromatic rings. The zero-order valence-electron chi connectivity index (χ0n) is 14.0. The Morgan fingerprint density at radius 1 is 0.917 bits per heavy atom. The maximum Gasteiger partial charge on any atom is 0.423 e. The van der Waals surface area contributed by atoms with Gasteiger partial charge in [0.15, 0.2) is 6.10 Å². The summed E-state index contributed by atoms with van der Waals surface area (Å²) in [5.74, 6) is 0. The van der Waals surface area contributed by atoms with E-state index in [4.69, 9.17) is 4.74 Å². The number of cyclic esters (lactones) is 1. The summed E-state index contributed by atoms with van der Waals surface area (Å²) >= 11 is 0. The van der Waals surface area contributed by atoms with Crippen LogP contribution in [-0.2, 0) is 15.7 Å². The highest BCUT2D eigenvalue weighted by molar-refractivity contribution is 7.84. The number of amides is 1. The van der Waals surface area contributed by atoms with Crippen LogP contribution in [0.5, 0.6) is 0 Å². The predicted octanol–water partition coefficient (Wildman–Crippen LogP) is 4.38. The quantitative estimate of drug-likeness (QED) is 0.831. The number of benzene rings is 2. The van der Waals surface area contributed by atoms with Crippen molar-refractivity contribution in [2.75, 3.05) is 0 Å². The second-order valence-electron chi connectivity index (χ2n) is 6.76. The third-order valence-corrected chi connectivity index (χ3v) is 5.70. The van der Waals surface area contributed by atoms with Crippen molar-refractivity contribution < 1.29 is 13.7 Å². The molecule has 0 saturated carbocycles. The van der Waals surface area contributed by atoms with Crippen LogP contribution >= 0.6 is 0 Å². The number of ether oxygens (including phenoxy) is 1. The molecule has 5 heteroatoms. The molecule has 1 aliphatic heterocycles. The zero-order chi connectivity index (χ0) is 17.3. The maximum absolute atomic E-state index is 13.0. The average molecular weight is 343 g/mol. The summed E-state index contributed by atoms with van der Waals surface area (Å²) in [4.78, 5) is 12.5. The van der Waals surface area contributed by atoms with Crippen molar-refractivity contribution >= 4 is 17.1 Å². The Balaban J connectivity index is 2.08. The molecule has 0 N–H and O–H groups in total. The predicted molar refractivity (Wildman–Crippen MR) is 94.6 cm³/mol. The van der Waals surface area contributed by atoms with Gasteiger partial charge in [-0.3, -0.25) is 0 Å². The van der Waals surface area contributed by atoms with Gasteiger partial charge in [-0.2, -0.15) is 0 Å². The standard InChI is InChI=1S/C19H21NO3S/c1-19(2,3)24(22)20-16(14-10-6-4-7-11-14)17(23-18(20)21)15-12-8-5-9-13-15/h4-13,16-17H,1-3H3. The van der Waals surface area contributed by atoms with E-state index >= 15 is 0 Å². The third kappa shape index (κ3) is 3.08. The van der Waals surface area contributed by atoms with Crippen LogP contribution < -0.4 is 0 Å². The van der Waals surface area contributed by atoms with Gasteiger partial charge in [0, 0.05) is 0 Å². The second kappa shape index (κ2) is 6.40. The molecule has 126 valence electrons. The van der Waals surface area contributed by atoms with E-state index in [0.717, 1.165) is 11.1 Å². The normalized spacial score (nSPS) is 22.3. The van der Waals surface area contributed by atoms with Crippen LogP contribution in [0.15, 0.2) is 60.7 Å². The van der Waals surface area contributed by atoms with Gasteiger partial charge >= 0.3 is 6.09 Å². The molecule has 0 spiro atoms. The Hall–Kier alpha value is -2.14. The van der Waals surface area contributed by atoms with Crippen molar-refractivity contribution in [1.82, 2.24) is 4.31 Å². The first kappa shape index (κ1) is 16.7. The summed E-state index contributed by atoms with van der Waals surface area (Å²) < 4.78 is 19.4. The summed E-state index contributed by atoms with van der Waals surface area (Å²) in [5.41, 5.74) is 1.81. The van der Waals surface area contributed by atoms with E-state index in [9.17, 15) is 9.00 Å². The van der Waals surface area contributed by atoms with Gasteiger partial charge in [-0.25, -0.2) is 13.3 Å². The van der Waals surface area contributed by atoms with Gasteiger partial charge in [-0.05, 0) is 31.9 Å². The molecule has 1 heterocycles. The fourth-order valence-corrected chi connectivity index (χ4v) is 3.99. The molecular formula is C19H21NO3S.